The Hall–Kier alpha value is -1.86. The lowest BCUT2D eigenvalue weighted by Crippen LogP contribution is -2.22. The quantitative estimate of drug-likeness (QED) is 0.710. The number of benzene rings is 1. The van der Waals surface area contributed by atoms with Gasteiger partial charge < -0.3 is 15.8 Å². The number of ether oxygens (including phenoxy) is 1. The van der Waals surface area contributed by atoms with Crippen LogP contribution in [0.2, 0.25) is 0 Å². The largest absolute Gasteiger partial charge is 0.483 e. The fourth-order valence-electron chi connectivity index (χ4n) is 3.16. The predicted octanol–water partition coefficient (Wildman–Crippen LogP) is 4.24. The van der Waals surface area contributed by atoms with Crippen molar-refractivity contribution in [2.75, 3.05) is 11.9 Å². The Kier molecular flexibility index (Phi) is 5.67. The van der Waals surface area contributed by atoms with Gasteiger partial charge in [-0.2, -0.15) is 0 Å². The molecule has 0 bridgehead atoms. The van der Waals surface area contributed by atoms with Gasteiger partial charge in [0.05, 0.1) is 5.56 Å². The Morgan fingerprint density at radius 3 is 2.81 bits per heavy atom. The summed E-state index contributed by atoms with van der Waals surface area (Å²) in [7, 11) is 0. The number of halogens is 1. The number of hydrogen-bond donors (Lipinski definition) is 2. The number of carbonyl (C=O) groups is 2. The number of rotatable bonds is 6. The summed E-state index contributed by atoms with van der Waals surface area (Å²) in [5.74, 6) is 0.162. The molecule has 0 spiro atoms. The Morgan fingerprint density at radius 2 is 2.12 bits per heavy atom. The fraction of sp³-hybridized carbons (Fsp3) is 0.368. The van der Waals surface area contributed by atoms with Gasteiger partial charge in [-0.3, -0.25) is 9.59 Å². The summed E-state index contributed by atoms with van der Waals surface area (Å²) in [6, 6.07) is 5.72. The Balaban J connectivity index is 1.70. The highest BCUT2D eigenvalue weighted by Crippen LogP contribution is 2.38. The second-order valence-corrected chi connectivity index (χ2v) is 8.62. The van der Waals surface area contributed by atoms with Gasteiger partial charge in [-0.25, -0.2) is 0 Å². The van der Waals surface area contributed by atoms with E-state index in [9.17, 15) is 9.59 Å². The van der Waals surface area contributed by atoms with E-state index in [1.165, 1.54) is 11.3 Å². The summed E-state index contributed by atoms with van der Waals surface area (Å²) >= 11 is 4.90. The van der Waals surface area contributed by atoms with E-state index in [2.05, 4.69) is 35.1 Å². The zero-order valence-corrected chi connectivity index (χ0v) is 17.1. The molecular weight excluding hydrogens is 416 g/mol. The van der Waals surface area contributed by atoms with Crippen LogP contribution in [0.4, 0.5) is 5.00 Å². The van der Waals surface area contributed by atoms with Gasteiger partial charge in [0.1, 0.15) is 10.8 Å². The molecule has 138 valence electrons. The van der Waals surface area contributed by atoms with E-state index in [0.717, 1.165) is 39.7 Å². The molecular formula is C19H21BrN2O3S. The van der Waals surface area contributed by atoms with Crippen LogP contribution in [0.3, 0.4) is 0 Å². The van der Waals surface area contributed by atoms with E-state index in [0.29, 0.717) is 16.3 Å². The molecule has 1 aliphatic rings. The molecule has 1 heterocycles. The lowest BCUT2D eigenvalue weighted by Gasteiger charge is -2.14. The number of nitrogens with one attached hydrogen (secondary N) is 1. The van der Waals surface area contributed by atoms with Crippen molar-refractivity contribution in [1.82, 2.24) is 0 Å². The minimum Gasteiger partial charge on any atom is -0.483 e. The number of fused-ring (bicyclic) bond motifs is 1. The monoisotopic (exact) mass is 436 g/mol. The van der Waals surface area contributed by atoms with E-state index in [1.54, 1.807) is 0 Å². The molecule has 2 aromatic rings. The van der Waals surface area contributed by atoms with Gasteiger partial charge in [0, 0.05) is 9.35 Å². The van der Waals surface area contributed by atoms with Crippen LogP contribution in [-0.2, 0) is 17.6 Å². The number of amides is 2. The van der Waals surface area contributed by atoms with Crippen molar-refractivity contribution in [2.45, 2.75) is 39.0 Å². The summed E-state index contributed by atoms with van der Waals surface area (Å²) in [6.07, 6.45) is 2.80. The molecule has 1 aromatic carbocycles. The summed E-state index contributed by atoms with van der Waals surface area (Å²) < 4.78 is 6.69. The molecule has 0 unspecified atom stereocenters. The third kappa shape index (κ3) is 3.94. The number of nitrogens with two attached hydrogens (primary N) is 1. The van der Waals surface area contributed by atoms with Crippen molar-refractivity contribution in [1.29, 1.82) is 0 Å². The van der Waals surface area contributed by atoms with Crippen LogP contribution in [-0.4, -0.2) is 18.4 Å². The first kappa shape index (κ1) is 18.9. The summed E-state index contributed by atoms with van der Waals surface area (Å²) in [4.78, 5) is 25.3. The van der Waals surface area contributed by atoms with Crippen molar-refractivity contribution >= 4 is 44.1 Å². The minimum absolute atomic E-state index is 0.123. The van der Waals surface area contributed by atoms with Crippen LogP contribution in [0.15, 0.2) is 22.7 Å². The first-order valence-electron chi connectivity index (χ1n) is 8.53. The molecule has 5 nitrogen and oxygen atoms in total. The standard InChI is InChI=1S/C19H21BrN2O3S/c1-10(2)13-8-11(20)6-7-14(13)25-9-16(23)22-19-17(18(21)24)12-4-3-5-15(12)26-19/h6-8,10H,3-5,9H2,1-2H3,(H2,21,24)(H,22,23). The minimum atomic E-state index is -0.490. The summed E-state index contributed by atoms with van der Waals surface area (Å²) in [5, 5.41) is 3.33. The Bertz CT molecular complexity index is 861. The maximum absolute atomic E-state index is 12.3. The van der Waals surface area contributed by atoms with E-state index in [-0.39, 0.29) is 18.4 Å². The highest BCUT2D eigenvalue weighted by Gasteiger charge is 2.26. The van der Waals surface area contributed by atoms with Crippen LogP contribution in [0, 0.1) is 0 Å². The van der Waals surface area contributed by atoms with E-state index < -0.39 is 5.91 Å². The van der Waals surface area contributed by atoms with Crippen molar-refractivity contribution < 1.29 is 14.3 Å². The van der Waals surface area contributed by atoms with Gasteiger partial charge in [-0.1, -0.05) is 29.8 Å². The molecule has 0 fully saturated rings. The molecule has 0 saturated carbocycles. The number of thiophene rings is 1. The third-order valence-corrected chi connectivity index (χ3v) is 6.07. The lowest BCUT2D eigenvalue weighted by molar-refractivity contribution is -0.118. The smallest absolute Gasteiger partial charge is 0.262 e. The second-order valence-electron chi connectivity index (χ2n) is 6.60. The molecule has 0 aliphatic heterocycles. The fourth-order valence-corrected chi connectivity index (χ4v) is 4.85. The van der Waals surface area contributed by atoms with Gasteiger partial charge in [-0.15, -0.1) is 11.3 Å². The molecule has 0 radical (unpaired) electrons. The molecule has 0 saturated heterocycles. The van der Waals surface area contributed by atoms with Crippen LogP contribution in [0.1, 0.15) is 52.5 Å². The van der Waals surface area contributed by atoms with Gasteiger partial charge >= 0.3 is 0 Å². The molecule has 2 amide bonds. The maximum atomic E-state index is 12.3. The number of anilines is 1. The second kappa shape index (κ2) is 7.80. The molecule has 1 aromatic heterocycles. The SMILES string of the molecule is CC(C)c1cc(Br)ccc1OCC(=O)Nc1sc2c(c1C(N)=O)CCC2. The van der Waals surface area contributed by atoms with E-state index >= 15 is 0 Å². The maximum Gasteiger partial charge on any atom is 0.262 e. The Labute approximate surface area is 165 Å². The molecule has 3 N–H and O–H groups in total. The summed E-state index contributed by atoms with van der Waals surface area (Å²) in [5.41, 5.74) is 8.00. The Morgan fingerprint density at radius 1 is 1.35 bits per heavy atom. The average molecular weight is 437 g/mol. The average Bonchev–Trinajstić information content (AvgIpc) is 3.13. The van der Waals surface area contributed by atoms with Gasteiger partial charge in [0.25, 0.3) is 11.8 Å². The van der Waals surface area contributed by atoms with Crippen molar-refractivity contribution in [2.24, 2.45) is 5.73 Å². The van der Waals surface area contributed by atoms with Crippen LogP contribution >= 0.6 is 27.3 Å². The highest BCUT2D eigenvalue weighted by molar-refractivity contribution is 9.10. The van der Waals surface area contributed by atoms with Crippen LogP contribution < -0.4 is 15.8 Å². The third-order valence-electron chi connectivity index (χ3n) is 4.37. The number of primary amides is 1. The van der Waals surface area contributed by atoms with E-state index in [4.69, 9.17) is 10.5 Å². The predicted molar refractivity (Wildman–Crippen MR) is 107 cm³/mol. The first-order chi connectivity index (χ1) is 12.4. The zero-order chi connectivity index (χ0) is 18.8. The number of aryl methyl sites for hydroxylation is 1. The number of hydrogen-bond acceptors (Lipinski definition) is 4. The van der Waals surface area contributed by atoms with Crippen molar-refractivity contribution in [3.8, 4) is 5.75 Å². The first-order valence-corrected chi connectivity index (χ1v) is 10.1. The normalized spacial score (nSPS) is 12.9. The molecule has 0 atom stereocenters. The highest BCUT2D eigenvalue weighted by atomic mass is 79.9. The van der Waals surface area contributed by atoms with Gasteiger partial charge in [0.15, 0.2) is 6.61 Å². The van der Waals surface area contributed by atoms with Crippen LogP contribution in [0.5, 0.6) is 5.75 Å². The van der Waals surface area contributed by atoms with Crippen LogP contribution in [0.25, 0.3) is 0 Å². The topological polar surface area (TPSA) is 81.4 Å². The lowest BCUT2D eigenvalue weighted by atomic mass is 10.0. The van der Waals surface area contributed by atoms with Gasteiger partial charge in [0.2, 0.25) is 0 Å². The zero-order valence-electron chi connectivity index (χ0n) is 14.7. The number of carbonyl (C=O) groups excluding carboxylic acids is 2. The van der Waals surface area contributed by atoms with Crippen molar-refractivity contribution in [3.63, 3.8) is 0 Å². The molecule has 3 rings (SSSR count). The molecule has 7 heteroatoms. The molecule has 1 aliphatic carbocycles. The molecule has 26 heavy (non-hydrogen) atoms. The van der Waals surface area contributed by atoms with Crippen molar-refractivity contribution in [3.05, 3.63) is 44.2 Å². The summed E-state index contributed by atoms with van der Waals surface area (Å²) in [6.45, 7) is 4.02. The van der Waals surface area contributed by atoms with Gasteiger partial charge in [-0.05, 0) is 54.5 Å². The van der Waals surface area contributed by atoms with E-state index in [1.807, 2.05) is 18.2 Å².